The van der Waals surface area contributed by atoms with Gasteiger partial charge in [-0.05, 0) is 36.4 Å². The third-order valence-corrected chi connectivity index (χ3v) is 4.96. The molecule has 0 spiro atoms. The van der Waals surface area contributed by atoms with Crippen LogP contribution in [0.25, 0.3) is 0 Å². The molecule has 0 heterocycles. The number of amides is 2. The van der Waals surface area contributed by atoms with E-state index in [1.807, 2.05) is 0 Å². The molecule has 2 amide bonds. The van der Waals surface area contributed by atoms with Crippen LogP contribution in [-0.2, 0) is 0 Å². The zero-order chi connectivity index (χ0) is 27.7. The van der Waals surface area contributed by atoms with Gasteiger partial charge in [0.2, 0.25) is 11.5 Å². The Morgan fingerprint density at radius 1 is 0.789 bits per heavy atom. The average Bonchev–Trinajstić information content (AvgIpc) is 2.94. The molecule has 10 heteroatoms. The SMILES string of the molecule is C=CCNC(=O)c1cccc(Oc2c(F)c(C#N)c(C#N)c(F)c2Oc2cccc(C(=O)NCC=C)c2)c1. The molecule has 3 rings (SSSR count). The average molecular weight is 514 g/mol. The fraction of sp³-hybridized carbons (Fsp3) is 0.0714. The summed E-state index contributed by atoms with van der Waals surface area (Å²) in [6.45, 7) is 7.43. The molecule has 0 fully saturated rings. The van der Waals surface area contributed by atoms with E-state index >= 15 is 8.78 Å². The number of hydrogen-bond acceptors (Lipinski definition) is 6. The first-order chi connectivity index (χ1) is 18.3. The van der Waals surface area contributed by atoms with E-state index in [0.29, 0.717) is 0 Å². The second kappa shape index (κ2) is 12.5. The molecule has 0 unspecified atom stereocenters. The second-order valence-corrected chi connectivity index (χ2v) is 7.52. The normalized spacial score (nSPS) is 9.89. The van der Waals surface area contributed by atoms with Gasteiger partial charge in [0.25, 0.3) is 11.8 Å². The highest BCUT2D eigenvalue weighted by Gasteiger charge is 2.29. The maximum absolute atomic E-state index is 15.4. The number of nitrogens with one attached hydrogen (secondary N) is 2. The van der Waals surface area contributed by atoms with E-state index in [2.05, 4.69) is 23.8 Å². The summed E-state index contributed by atoms with van der Waals surface area (Å²) in [5, 5.41) is 23.9. The van der Waals surface area contributed by atoms with Crippen molar-refractivity contribution in [3.05, 3.63) is 108 Å². The van der Waals surface area contributed by atoms with Gasteiger partial charge in [0.15, 0.2) is 11.6 Å². The van der Waals surface area contributed by atoms with Crippen molar-refractivity contribution in [2.75, 3.05) is 13.1 Å². The van der Waals surface area contributed by atoms with Gasteiger partial charge in [-0.3, -0.25) is 9.59 Å². The molecule has 190 valence electrons. The van der Waals surface area contributed by atoms with Crippen molar-refractivity contribution in [3.8, 4) is 35.1 Å². The number of ether oxygens (including phenoxy) is 2. The molecule has 0 saturated heterocycles. The van der Waals surface area contributed by atoms with Gasteiger partial charge in [0, 0.05) is 24.2 Å². The van der Waals surface area contributed by atoms with Gasteiger partial charge >= 0.3 is 0 Å². The van der Waals surface area contributed by atoms with Crippen molar-refractivity contribution in [1.29, 1.82) is 10.5 Å². The topological polar surface area (TPSA) is 124 Å². The molecule has 0 bridgehead atoms. The van der Waals surface area contributed by atoms with Gasteiger partial charge in [-0.25, -0.2) is 8.78 Å². The molecule has 0 atom stereocenters. The minimum Gasteiger partial charge on any atom is -0.450 e. The summed E-state index contributed by atoms with van der Waals surface area (Å²) in [7, 11) is 0. The minimum atomic E-state index is -1.35. The number of rotatable bonds is 10. The maximum atomic E-state index is 15.4. The standard InChI is InChI=1S/C28H20F2N4O4/c1-3-11-33-27(35)17-7-5-9-19(13-17)37-25-23(29)21(15-31)22(16-32)24(30)26(25)38-20-10-6-8-18(14-20)28(36)34-12-4-2/h3-10,13-14H,1-2,11-12H2,(H,33,35)(H,34,36). The monoisotopic (exact) mass is 514 g/mol. The summed E-state index contributed by atoms with van der Waals surface area (Å²) in [5.41, 5.74) is -1.46. The summed E-state index contributed by atoms with van der Waals surface area (Å²) < 4.78 is 42.0. The number of carbonyl (C=O) groups excluding carboxylic acids is 2. The number of nitrogens with zero attached hydrogens (tertiary/aromatic N) is 2. The highest BCUT2D eigenvalue weighted by Crippen LogP contribution is 2.42. The summed E-state index contributed by atoms with van der Waals surface area (Å²) in [5.74, 6) is -5.45. The van der Waals surface area contributed by atoms with Gasteiger partial charge in [0.05, 0.1) is 0 Å². The first kappa shape index (κ1) is 27.1. The largest absolute Gasteiger partial charge is 0.450 e. The van der Waals surface area contributed by atoms with Crippen LogP contribution in [0.4, 0.5) is 8.78 Å². The first-order valence-corrected chi connectivity index (χ1v) is 11.0. The van der Waals surface area contributed by atoms with Gasteiger partial charge in [0.1, 0.15) is 34.8 Å². The lowest BCUT2D eigenvalue weighted by molar-refractivity contribution is 0.0949. The highest BCUT2D eigenvalue weighted by molar-refractivity contribution is 5.95. The molecule has 8 nitrogen and oxygen atoms in total. The van der Waals surface area contributed by atoms with Crippen molar-refractivity contribution in [3.63, 3.8) is 0 Å². The third-order valence-electron chi connectivity index (χ3n) is 4.96. The van der Waals surface area contributed by atoms with Crippen LogP contribution in [0.5, 0.6) is 23.0 Å². The predicted molar refractivity (Wildman–Crippen MR) is 134 cm³/mol. The Labute approximate surface area is 217 Å². The minimum absolute atomic E-state index is 0.0782. The Morgan fingerprint density at radius 3 is 1.53 bits per heavy atom. The van der Waals surface area contributed by atoms with Crippen LogP contribution in [0.2, 0.25) is 0 Å². The van der Waals surface area contributed by atoms with Gasteiger partial charge in [-0.15, -0.1) is 13.2 Å². The highest BCUT2D eigenvalue weighted by atomic mass is 19.1. The van der Waals surface area contributed by atoms with E-state index < -0.39 is 46.1 Å². The lowest BCUT2D eigenvalue weighted by Crippen LogP contribution is -2.23. The van der Waals surface area contributed by atoms with Gasteiger partial charge in [-0.2, -0.15) is 10.5 Å². The molecule has 0 aromatic heterocycles. The summed E-state index contributed by atoms with van der Waals surface area (Å²) in [4.78, 5) is 24.6. The zero-order valence-corrected chi connectivity index (χ0v) is 19.9. The Bertz CT molecular complexity index is 1390. The van der Waals surface area contributed by atoms with Crippen molar-refractivity contribution >= 4 is 11.8 Å². The predicted octanol–water partition coefficient (Wildman–Crippen LogP) is 5.12. The second-order valence-electron chi connectivity index (χ2n) is 7.52. The Morgan fingerprint density at radius 2 is 1.18 bits per heavy atom. The number of halogens is 2. The van der Waals surface area contributed by atoms with Crippen molar-refractivity contribution in [2.45, 2.75) is 0 Å². The summed E-state index contributed by atoms with van der Waals surface area (Å²) in [6, 6.07) is 14.1. The maximum Gasteiger partial charge on any atom is 0.251 e. The fourth-order valence-electron chi connectivity index (χ4n) is 3.21. The van der Waals surface area contributed by atoms with Crippen LogP contribution in [-0.4, -0.2) is 24.9 Å². The smallest absolute Gasteiger partial charge is 0.251 e. The van der Waals surface area contributed by atoms with E-state index in [-0.39, 0.29) is 35.7 Å². The molecule has 3 aromatic carbocycles. The van der Waals surface area contributed by atoms with Crippen LogP contribution in [0.3, 0.4) is 0 Å². The molecular formula is C28H20F2N4O4. The van der Waals surface area contributed by atoms with Crippen LogP contribution in [0.1, 0.15) is 31.8 Å². The Balaban J connectivity index is 2.08. The van der Waals surface area contributed by atoms with E-state index in [1.165, 1.54) is 72.8 Å². The fourth-order valence-corrected chi connectivity index (χ4v) is 3.21. The van der Waals surface area contributed by atoms with Crippen molar-refractivity contribution in [2.24, 2.45) is 0 Å². The van der Waals surface area contributed by atoms with Crippen LogP contribution < -0.4 is 20.1 Å². The molecule has 0 saturated carbocycles. The van der Waals surface area contributed by atoms with Crippen LogP contribution in [0, 0.1) is 34.3 Å². The molecule has 38 heavy (non-hydrogen) atoms. The van der Waals surface area contributed by atoms with E-state index in [0.717, 1.165) is 0 Å². The van der Waals surface area contributed by atoms with E-state index in [4.69, 9.17) is 9.47 Å². The van der Waals surface area contributed by atoms with Crippen LogP contribution in [0.15, 0.2) is 73.8 Å². The lowest BCUT2D eigenvalue weighted by atomic mass is 10.1. The molecular weight excluding hydrogens is 494 g/mol. The Hall–Kier alpha value is -5.48. The molecule has 0 radical (unpaired) electrons. The van der Waals surface area contributed by atoms with E-state index in [1.54, 1.807) is 0 Å². The molecule has 0 aliphatic heterocycles. The molecule has 3 aromatic rings. The molecule has 2 N–H and O–H groups in total. The van der Waals surface area contributed by atoms with E-state index in [9.17, 15) is 20.1 Å². The van der Waals surface area contributed by atoms with Gasteiger partial charge in [-0.1, -0.05) is 24.3 Å². The Kier molecular flexibility index (Phi) is 8.90. The number of nitriles is 2. The third kappa shape index (κ3) is 6.01. The molecule has 0 aliphatic carbocycles. The zero-order valence-electron chi connectivity index (χ0n) is 19.9. The first-order valence-electron chi connectivity index (χ1n) is 11.0. The summed E-state index contributed by atoms with van der Waals surface area (Å²) in [6.07, 6.45) is 2.97. The number of benzene rings is 3. The van der Waals surface area contributed by atoms with Crippen LogP contribution >= 0.6 is 0 Å². The quantitative estimate of drug-likeness (QED) is 0.362. The lowest BCUT2D eigenvalue weighted by Gasteiger charge is -2.16. The number of hydrogen-bond donors (Lipinski definition) is 2. The van der Waals surface area contributed by atoms with Crippen molar-refractivity contribution in [1.82, 2.24) is 10.6 Å². The van der Waals surface area contributed by atoms with Gasteiger partial charge < -0.3 is 20.1 Å². The summed E-state index contributed by atoms with van der Waals surface area (Å²) >= 11 is 0. The van der Waals surface area contributed by atoms with Crippen molar-refractivity contribution < 1.29 is 27.8 Å². The molecule has 0 aliphatic rings. The number of carbonyl (C=O) groups is 2.